The van der Waals surface area contributed by atoms with E-state index in [2.05, 4.69) is 10.6 Å². The van der Waals surface area contributed by atoms with Crippen LogP contribution in [0.2, 0.25) is 5.02 Å². The van der Waals surface area contributed by atoms with Gasteiger partial charge < -0.3 is 15.4 Å². The molecule has 5 nitrogen and oxygen atoms in total. The number of amides is 2. The molecule has 0 aromatic heterocycles. The van der Waals surface area contributed by atoms with Crippen molar-refractivity contribution in [1.82, 2.24) is 10.6 Å². The lowest BCUT2D eigenvalue weighted by Crippen LogP contribution is -2.37. The number of nitrogens with one attached hydrogen (secondary N) is 2. The van der Waals surface area contributed by atoms with Gasteiger partial charge in [0.1, 0.15) is 5.75 Å². The fourth-order valence-electron chi connectivity index (χ4n) is 3.20. The molecule has 0 atom stereocenters. The van der Waals surface area contributed by atoms with Crippen LogP contribution in [0.5, 0.6) is 5.75 Å². The molecule has 2 amide bonds. The lowest BCUT2D eigenvalue weighted by molar-refractivity contribution is -0.121. The van der Waals surface area contributed by atoms with E-state index in [9.17, 15) is 9.59 Å². The molecule has 0 saturated carbocycles. The maximum absolute atomic E-state index is 12.9. The van der Waals surface area contributed by atoms with Crippen LogP contribution in [0.15, 0.2) is 78.9 Å². The van der Waals surface area contributed by atoms with Gasteiger partial charge in [0, 0.05) is 18.1 Å². The molecule has 0 bridgehead atoms. The Kier molecular flexibility index (Phi) is 7.46. The molecule has 0 fully saturated rings. The van der Waals surface area contributed by atoms with Gasteiger partial charge in [-0.1, -0.05) is 72.3 Å². The summed E-state index contributed by atoms with van der Waals surface area (Å²) in [6.07, 6.45) is 0. The van der Waals surface area contributed by atoms with Crippen molar-refractivity contribution in [2.24, 2.45) is 0 Å². The van der Waals surface area contributed by atoms with Crippen molar-refractivity contribution in [2.75, 3.05) is 20.2 Å². The molecule has 3 rings (SSSR count). The van der Waals surface area contributed by atoms with Crippen LogP contribution in [-0.4, -0.2) is 32.0 Å². The van der Waals surface area contributed by atoms with Crippen LogP contribution in [0.25, 0.3) is 0 Å². The van der Waals surface area contributed by atoms with E-state index in [4.69, 9.17) is 16.3 Å². The van der Waals surface area contributed by atoms with Crippen molar-refractivity contribution < 1.29 is 14.3 Å². The minimum absolute atomic E-state index is 0.123. The maximum atomic E-state index is 12.9. The van der Waals surface area contributed by atoms with Gasteiger partial charge in [-0.3, -0.25) is 9.59 Å². The predicted molar refractivity (Wildman–Crippen MR) is 118 cm³/mol. The second-order valence-corrected chi connectivity index (χ2v) is 7.08. The topological polar surface area (TPSA) is 67.4 Å². The highest BCUT2D eigenvalue weighted by Gasteiger charge is 2.22. The van der Waals surface area contributed by atoms with Crippen molar-refractivity contribution in [3.8, 4) is 5.75 Å². The third kappa shape index (κ3) is 5.39. The Labute approximate surface area is 181 Å². The van der Waals surface area contributed by atoms with E-state index < -0.39 is 5.92 Å². The Morgan fingerprint density at radius 3 is 2.00 bits per heavy atom. The number of halogens is 1. The molecule has 0 aliphatic heterocycles. The first kappa shape index (κ1) is 21.4. The summed E-state index contributed by atoms with van der Waals surface area (Å²) in [6, 6.07) is 24.1. The first-order valence-electron chi connectivity index (χ1n) is 9.59. The van der Waals surface area contributed by atoms with E-state index >= 15 is 0 Å². The maximum Gasteiger partial charge on any atom is 0.255 e. The number of hydrogen-bond donors (Lipinski definition) is 2. The zero-order valence-electron chi connectivity index (χ0n) is 16.6. The largest absolute Gasteiger partial charge is 0.496 e. The first-order chi connectivity index (χ1) is 14.6. The fraction of sp³-hybridized carbons (Fsp3) is 0.167. The third-order valence-electron chi connectivity index (χ3n) is 4.64. The zero-order valence-corrected chi connectivity index (χ0v) is 17.4. The van der Waals surface area contributed by atoms with E-state index in [1.807, 2.05) is 60.7 Å². The van der Waals surface area contributed by atoms with Gasteiger partial charge in [-0.25, -0.2) is 0 Å². The summed E-state index contributed by atoms with van der Waals surface area (Å²) < 4.78 is 5.21. The van der Waals surface area contributed by atoms with Gasteiger partial charge in [0.05, 0.1) is 18.6 Å². The van der Waals surface area contributed by atoms with Crippen molar-refractivity contribution in [2.45, 2.75) is 5.92 Å². The SMILES string of the molecule is COc1ccc(Cl)cc1C(=O)NCCNC(=O)C(c1ccccc1)c1ccccc1. The van der Waals surface area contributed by atoms with Crippen LogP contribution in [0.3, 0.4) is 0 Å². The summed E-state index contributed by atoms with van der Waals surface area (Å²) in [4.78, 5) is 25.4. The van der Waals surface area contributed by atoms with Crippen molar-refractivity contribution in [3.63, 3.8) is 0 Å². The molecular formula is C24H23ClN2O3. The normalized spacial score (nSPS) is 10.5. The average molecular weight is 423 g/mol. The molecule has 154 valence electrons. The van der Waals surface area contributed by atoms with Crippen LogP contribution in [-0.2, 0) is 4.79 Å². The summed E-state index contributed by atoms with van der Waals surface area (Å²) >= 11 is 5.98. The standard InChI is InChI=1S/C24H23ClN2O3/c1-30-21-13-12-19(25)16-20(21)23(28)26-14-15-27-24(29)22(17-8-4-2-5-9-17)18-10-6-3-7-11-18/h2-13,16,22H,14-15H2,1H3,(H,26,28)(H,27,29). The number of hydrogen-bond acceptors (Lipinski definition) is 3. The summed E-state index contributed by atoms with van der Waals surface area (Å²) in [5.74, 6) is -0.418. The monoisotopic (exact) mass is 422 g/mol. The third-order valence-corrected chi connectivity index (χ3v) is 4.88. The van der Waals surface area contributed by atoms with Crippen molar-refractivity contribution >= 4 is 23.4 Å². The highest BCUT2D eigenvalue weighted by atomic mass is 35.5. The molecule has 0 aliphatic carbocycles. The van der Waals surface area contributed by atoms with E-state index in [1.54, 1.807) is 18.2 Å². The van der Waals surface area contributed by atoms with Crippen molar-refractivity contribution in [3.05, 3.63) is 101 Å². The van der Waals surface area contributed by atoms with Crippen LogP contribution in [0.4, 0.5) is 0 Å². The smallest absolute Gasteiger partial charge is 0.255 e. The molecule has 30 heavy (non-hydrogen) atoms. The van der Waals surface area contributed by atoms with E-state index in [1.165, 1.54) is 7.11 Å². The molecule has 2 N–H and O–H groups in total. The second kappa shape index (κ2) is 10.5. The summed E-state index contributed by atoms with van der Waals surface area (Å²) in [7, 11) is 1.49. The highest BCUT2D eigenvalue weighted by molar-refractivity contribution is 6.31. The zero-order chi connectivity index (χ0) is 21.3. The molecule has 0 unspecified atom stereocenters. The van der Waals surface area contributed by atoms with Gasteiger partial charge in [0.25, 0.3) is 5.91 Å². The summed E-state index contributed by atoms with van der Waals surface area (Å²) in [5, 5.41) is 6.15. The molecular weight excluding hydrogens is 400 g/mol. The Balaban J connectivity index is 1.61. The number of benzene rings is 3. The van der Waals surface area contributed by atoms with Gasteiger partial charge >= 0.3 is 0 Å². The summed E-state index contributed by atoms with van der Waals surface area (Å²) in [6.45, 7) is 0.570. The van der Waals surface area contributed by atoms with Gasteiger partial charge in [-0.15, -0.1) is 0 Å². The number of rotatable bonds is 8. The Hall–Kier alpha value is -3.31. The molecule has 3 aromatic carbocycles. The molecule has 3 aromatic rings. The van der Waals surface area contributed by atoms with E-state index in [0.29, 0.717) is 22.9 Å². The number of ether oxygens (including phenoxy) is 1. The highest BCUT2D eigenvalue weighted by Crippen LogP contribution is 2.25. The molecule has 6 heteroatoms. The number of carbonyl (C=O) groups excluding carboxylic acids is 2. The second-order valence-electron chi connectivity index (χ2n) is 6.65. The molecule has 0 radical (unpaired) electrons. The Morgan fingerprint density at radius 1 is 0.867 bits per heavy atom. The Morgan fingerprint density at radius 2 is 1.43 bits per heavy atom. The van der Waals surface area contributed by atoms with Gasteiger partial charge in [0.2, 0.25) is 5.91 Å². The van der Waals surface area contributed by atoms with Gasteiger partial charge in [0.15, 0.2) is 0 Å². The van der Waals surface area contributed by atoms with E-state index in [0.717, 1.165) is 11.1 Å². The lowest BCUT2D eigenvalue weighted by Gasteiger charge is -2.18. The molecule has 0 spiro atoms. The lowest BCUT2D eigenvalue weighted by atomic mass is 9.90. The van der Waals surface area contributed by atoms with Crippen LogP contribution in [0.1, 0.15) is 27.4 Å². The van der Waals surface area contributed by atoms with Crippen LogP contribution >= 0.6 is 11.6 Å². The first-order valence-corrected chi connectivity index (χ1v) is 9.97. The minimum atomic E-state index is -0.420. The Bertz CT molecular complexity index is 954. The van der Waals surface area contributed by atoms with Crippen molar-refractivity contribution in [1.29, 1.82) is 0 Å². The number of methoxy groups -OCH3 is 1. The molecule has 0 heterocycles. The molecule has 0 aliphatic rings. The van der Waals surface area contributed by atoms with Gasteiger partial charge in [-0.05, 0) is 29.3 Å². The predicted octanol–water partition coefficient (Wildman–Crippen LogP) is 4.03. The minimum Gasteiger partial charge on any atom is -0.496 e. The van der Waals surface area contributed by atoms with Gasteiger partial charge in [-0.2, -0.15) is 0 Å². The quantitative estimate of drug-likeness (QED) is 0.538. The van der Waals surface area contributed by atoms with Crippen LogP contribution < -0.4 is 15.4 Å². The molecule has 0 saturated heterocycles. The number of carbonyl (C=O) groups is 2. The van der Waals surface area contributed by atoms with Crippen LogP contribution in [0, 0.1) is 0 Å². The van der Waals surface area contributed by atoms with E-state index in [-0.39, 0.29) is 18.4 Å². The fourth-order valence-corrected chi connectivity index (χ4v) is 3.37. The average Bonchev–Trinajstić information content (AvgIpc) is 2.78. The summed E-state index contributed by atoms with van der Waals surface area (Å²) in [5.41, 5.74) is 2.17.